The molecule has 188 valence electrons. The Morgan fingerprint density at radius 1 is 1.08 bits per heavy atom. The largest absolute Gasteiger partial charge is 0.488 e. The first-order valence-corrected chi connectivity index (χ1v) is 11.9. The summed E-state index contributed by atoms with van der Waals surface area (Å²) >= 11 is 2.07. The highest BCUT2D eigenvalue weighted by Crippen LogP contribution is 2.25. The molecule has 1 aliphatic rings. The highest BCUT2D eigenvalue weighted by molar-refractivity contribution is 14.1. The van der Waals surface area contributed by atoms with E-state index in [-0.39, 0.29) is 23.6 Å². The van der Waals surface area contributed by atoms with E-state index in [1.807, 2.05) is 0 Å². The summed E-state index contributed by atoms with van der Waals surface area (Å²) in [5, 5.41) is 13.8. The predicted molar refractivity (Wildman–Crippen MR) is 140 cm³/mol. The van der Waals surface area contributed by atoms with Gasteiger partial charge < -0.3 is 20.5 Å². The van der Waals surface area contributed by atoms with Crippen LogP contribution in [0.2, 0.25) is 0 Å². The third kappa shape index (κ3) is 6.30. The van der Waals surface area contributed by atoms with E-state index in [0.717, 1.165) is 14.0 Å². The molecule has 0 bridgehead atoms. The average Bonchev–Trinajstić information content (AvgIpc) is 3.12. The number of nitrogens with zero attached hydrogens (tertiary/aromatic N) is 1. The molecular formula is C26H19FIN3O6. The third-order valence-electron chi connectivity index (χ3n) is 5.27. The maximum atomic E-state index is 13.7. The van der Waals surface area contributed by atoms with Crippen molar-refractivity contribution in [1.29, 1.82) is 0 Å². The van der Waals surface area contributed by atoms with Gasteiger partial charge in [-0.3, -0.25) is 9.59 Å². The lowest BCUT2D eigenvalue weighted by Crippen LogP contribution is -2.38. The summed E-state index contributed by atoms with van der Waals surface area (Å²) < 4.78 is 20.3. The first kappa shape index (κ1) is 25.8. The normalized spacial score (nSPS) is 14.0. The zero-order chi connectivity index (χ0) is 26.5. The van der Waals surface area contributed by atoms with Crippen LogP contribution in [-0.2, 0) is 16.2 Å². The summed E-state index contributed by atoms with van der Waals surface area (Å²) in [7, 11) is 0. The molecule has 3 N–H and O–H groups in total. The minimum Gasteiger partial charge on any atom is -0.488 e. The van der Waals surface area contributed by atoms with E-state index >= 15 is 0 Å². The zero-order valence-corrected chi connectivity index (χ0v) is 21.2. The average molecular weight is 615 g/mol. The van der Waals surface area contributed by atoms with Crippen LogP contribution in [0.15, 0.2) is 72.4 Å². The molecule has 4 amide bonds. The van der Waals surface area contributed by atoms with E-state index in [0.29, 0.717) is 11.3 Å². The van der Waals surface area contributed by atoms with Gasteiger partial charge in [0.2, 0.25) is 5.91 Å². The number of carboxylic acids is 1. The Bertz CT molecular complexity index is 1420. The number of halogens is 2. The minimum atomic E-state index is -1.00. The van der Waals surface area contributed by atoms with Crippen LogP contribution >= 0.6 is 22.6 Å². The van der Waals surface area contributed by atoms with Gasteiger partial charge in [0, 0.05) is 0 Å². The number of urea groups is 1. The van der Waals surface area contributed by atoms with Crippen molar-refractivity contribution >= 4 is 58.2 Å². The maximum absolute atomic E-state index is 13.7. The zero-order valence-electron chi connectivity index (χ0n) is 19.0. The quantitative estimate of drug-likeness (QED) is 0.198. The number of aromatic carboxylic acids is 1. The minimum absolute atomic E-state index is 0.00770. The molecule has 4 rings (SSSR count). The third-order valence-corrected chi connectivity index (χ3v) is 6.12. The van der Waals surface area contributed by atoms with Crippen molar-refractivity contribution in [1.82, 2.24) is 10.2 Å². The molecule has 0 aliphatic carbocycles. The number of benzene rings is 3. The lowest BCUT2D eigenvalue weighted by Gasteiger charge is -2.12. The molecule has 0 saturated carbocycles. The van der Waals surface area contributed by atoms with Gasteiger partial charge in [0.1, 0.15) is 30.4 Å². The van der Waals surface area contributed by atoms with Crippen LogP contribution < -0.4 is 15.4 Å². The van der Waals surface area contributed by atoms with Gasteiger partial charge in [-0.15, -0.1) is 0 Å². The molecule has 0 aromatic heterocycles. The van der Waals surface area contributed by atoms with Gasteiger partial charge in [-0.25, -0.2) is 18.9 Å². The van der Waals surface area contributed by atoms with Gasteiger partial charge in [0.25, 0.3) is 5.91 Å². The highest BCUT2D eigenvalue weighted by atomic mass is 127. The number of anilines is 1. The van der Waals surface area contributed by atoms with Crippen molar-refractivity contribution in [3.8, 4) is 5.75 Å². The Hall–Kier alpha value is -4.26. The molecule has 0 radical (unpaired) electrons. The first-order valence-electron chi connectivity index (χ1n) is 10.8. The number of amides is 4. The molecule has 0 atom stereocenters. The molecule has 9 nitrogen and oxygen atoms in total. The summed E-state index contributed by atoms with van der Waals surface area (Å²) in [5.41, 5.74) is 1.54. The molecule has 3 aromatic carbocycles. The number of carbonyl (C=O) groups is 4. The van der Waals surface area contributed by atoms with Crippen LogP contribution in [-0.4, -0.2) is 40.4 Å². The fraction of sp³-hybridized carbons (Fsp3) is 0.0769. The van der Waals surface area contributed by atoms with Crippen molar-refractivity contribution in [3.05, 3.63) is 98.5 Å². The summed E-state index contributed by atoms with van der Waals surface area (Å²) in [6, 6.07) is 16.3. The molecular weight excluding hydrogens is 596 g/mol. The Balaban J connectivity index is 1.39. The van der Waals surface area contributed by atoms with Crippen molar-refractivity contribution in [3.63, 3.8) is 0 Å². The molecule has 3 aromatic rings. The second-order valence-electron chi connectivity index (χ2n) is 7.89. The second-order valence-corrected chi connectivity index (χ2v) is 9.05. The van der Waals surface area contributed by atoms with Crippen molar-refractivity contribution in [2.24, 2.45) is 0 Å². The number of para-hydroxylation sites is 1. The maximum Gasteiger partial charge on any atom is 0.335 e. The van der Waals surface area contributed by atoms with Gasteiger partial charge in [0.05, 0.1) is 14.8 Å². The van der Waals surface area contributed by atoms with Crippen molar-refractivity contribution in [2.45, 2.75) is 6.61 Å². The SMILES string of the molecule is O=C(CN1C(=O)N/C(=C/c2ccc(OCc3ccc(C(=O)O)cc3)c(I)c2)C1=O)Nc1ccccc1F. The number of imide groups is 1. The van der Waals surface area contributed by atoms with E-state index < -0.39 is 36.2 Å². The number of hydrogen-bond donors (Lipinski definition) is 3. The Labute approximate surface area is 224 Å². The van der Waals surface area contributed by atoms with E-state index in [1.165, 1.54) is 36.4 Å². The fourth-order valence-electron chi connectivity index (χ4n) is 3.41. The molecule has 1 saturated heterocycles. The Morgan fingerprint density at radius 2 is 1.81 bits per heavy atom. The van der Waals surface area contributed by atoms with Crippen LogP contribution in [0.5, 0.6) is 5.75 Å². The lowest BCUT2D eigenvalue weighted by atomic mass is 10.1. The van der Waals surface area contributed by atoms with E-state index in [4.69, 9.17) is 9.84 Å². The van der Waals surface area contributed by atoms with Gasteiger partial charge in [0.15, 0.2) is 0 Å². The molecule has 1 aliphatic heterocycles. The van der Waals surface area contributed by atoms with Gasteiger partial charge in [-0.2, -0.15) is 0 Å². The Morgan fingerprint density at radius 3 is 2.49 bits per heavy atom. The van der Waals surface area contributed by atoms with E-state index in [9.17, 15) is 23.6 Å². The summed E-state index contributed by atoms with van der Waals surface area (Å²) in [5.74, 6) is -2.46. The lowest BCUT2D eigenvalue weighted by molar-refractivity contribution is -0.127. The molecule has 0 spiro atoms. The number of carboxylic acid groups (broad SMARTS) is 1. The van der Waals surface area contributed by atoms with Gasteiger partial charge >= 0.3 is 12.0 Å². The van der Waals surface area contributed by atoms with Crippen LogP contribution in [0, 0.1) is 9.39 Å². The molecule has 1 fully saturated rings. The first-order chi connectivity index (χ1) is 17.7. The van der Waals surface area contributed by atoms with Crippen LogP contribution in [0.1, 0.15) is 21.5 Å². The Kier molecular flexibility index (Phi) is 7.82. The topological polar surface area (TPSA) is 125 Å². The summed E-state index contributed by atoms with van der Waals surface area (Å²) in [6.45, 7) is -0.344. The van der Waals surface area contributed by atoms with Crippen molar-refractivity contribution < 1.29 is 33.4 Å². The number of nitrogens with one attached hydrogen (secondary N) is 2. The fourth-order valence-corrected chi connectivity index (χ4v) is 4.10. The smallest absolute Gasteiger partial charge is 0.335 e. The van der Waals surface area contributed by atoms with Crippen LogP contribution in [0.3, 0.4) is 0 Å². The number of hydrogen-bond acceptors (Lipinski definition) is 5. The molecule has 0 unspecified atom stereocenters. The second kappa shape index (κ2) is 11.2. The van der Waals surface area contributed by atoms with Gasteiger partial charge in [-0.05, 0) is 76.2 Å². The summed E-state index contributed by atoms with van der Waals surface area (Å²) in [4.78, 5) is 48.9. The van der Waals surface area contributed by atoms with Crippen LogP contribution in [0.25, 0.3) is 6.08 Å². The number of rotatable bonds is 8. The summed E-state index contributed by atoms with van der Waals surface area (Å²) in [6.07, 6.45) is 1.48. The molecule has 1 heterocycles. The highest BCUT2D eigenvalue weighted by Gasteiger charge is 2.35. The monoisotopic (exact) mass is 615 g/mol. The van der Waals surface area contributed by atoms with Gasteiger partial charge in [-0.1, -0.05) is 30.3 Å². The molecule has 11 heteroatoms. The van der Waals surface area contributed by atoms with E-state index in [1.54, 1.807) is 36.4 Å². The van der Waals surface area contributed by atoms with E-state index in [2.05, 4.69) is 33.2 Å². The predicted octanol–water partition coefficient (Wildman–Crippen LogP) is 4.24. The van der Waals surface area contributed by atoms with Crippen LogP contribution in [0.4, 0.5) is 14.9 Å². The molecule has 37 heavy (non-hydrogen) atoms. The van der Waals surface area contributed by atoms with Crippen molar-refractivity contribution in [2.75, 3.05) is 11.9 Å². The number of ether oxygens (including phenoxy) is 1. The standard InChI is InChI=1S/C26H19FIN3O6/c27-18-3-1-2-4-20(18)29-23(32)13-31-24(33)21(30-26(31)36)12-16-7-10-22(19(28)11-16)37-14-15-5-8-17(9-6-15)25(34)35/h1-12H,13-14H2,(H,29,32)(H,30,36)(H,34,35)/b21-12+. The number of carbonyl (C=O) groups excluding carboxylic acids is 3.